The Labute approximate surface area is 109 Å². The summed E-state index contributed by atoms with van der Waals surface area (Å²) >= 11 is 0. The second kappa shape index (κ2) is 5.54. The zero-order chi connectivity index (χ0) is 14.8. The van der Waals surface area contributed by atoms with Crippen LogP contribution in [0.1, 0.15) is 27.2 Å². The van der Waals surface area contributed by atoms with Crippen LogP contribution in [0.2, 0.25) is 0 Å². The molecule has 1 aliphatic rings. The van der Waals surface area contributed by atoms with Crippen molar-refractivity contribution < 1.29 is 27.4 Å². The zero-order valence-electron chi connectivity index (χ0n) is 11.2. The molecule has 0 aromatic carbocycles. The molecule has 112 valence electrons. The van der Waals surface area contributed by atoms with Gasteiger partial charge in [-0.15, -0.1) is 13.2 Å². The van der Waals surface area contributed by atoms with Crippen LogP contribution in [-0.4, -0.2) is 48.2 Å². The van der Waals surface area contributed by atoms with Gasteiger partial charge >= 0.3 is 12.5 Å². The normalized spacial score (nSPS) is 24.7. The van der Waals surface area contributed by atoms with E-state index in [1.807, 2.05) is 0 Å². The minimum Gasteiger partial charge on any atom is -0.444 e. The Morgan fingerprint density at radius 3 is 2.37 bits per heavy atom. The highest BCUT2D eigenvalue weighted by Gasteiger charge is 2.42. The van der Waals surface area contributed by atoms with E-state index in [0.717, 1.165) is 0 Å². The van der Waals surface area contributed by atoms with E-state index in [0.29, 0.717) is 0 Å². The maximum absolute atomic E-state index is 12.1. The molecule has 19 heavy (non-hydrogen) atoms. The number of carbonyl (C=O) groups is 1. The van der Waals surface area contributed by atoms with E-state index in [1.54, 1.807) is 20.8 Å². The molecule has 5 nitrogen and oxygen atoms in total. The fourth-order valence-electron chi connectivity index (χ4n) is 1.92. The summed E-state index contributed by atoms with van der Waals surface area (Å²) < 4.78 is 45.5. The average Bonchev–Trinajstić information content (AvgIpc) is 2.55. The first-order valence-corrected chi connectivity index (χ1v) is 5.96. The predicted molar refractivity (Wildman–Crippen MR) is 61.3 cm³/mol. The zero-order valence-corrected chi connectivity index (χ0v) is 11.2. The summed E-state index contributed by atoms with van der Waals surface area (Å²) in [5.74, 6) is 0. The van der Waals surface area contributed by atoms with Crippen LogP contribution < -0.4 is 5.73 Å². The van der Waals surface area contributed by atoms with Crippen molar-refractivity contribution in [2.24, 2.45) is 5.73 Å². The molecule has 0 spiro atoms. The molecule has 0 unspecified atom stereocenters. The minimum atomic E-state index is -4.71. The maximum Gasteiger partial charge on any atom is 0.522 e. The summed E-state index contributed by atoms with van der Waals surface area (Å²) in [4.78, 5) is 13.0. The highest BCUT2D eigenvalue weighted by atomic mass is 19.4. The number of likely N-dealkylation sites (tertiary alicyclic amines) is 1. The van der Waals surface area contributed by atoms with Gasteiger partial charge in [0.05, 0.1) is 12.6 Å². The quantitative estimate of drug-likeness (QED) is 0.840. The third-order valence-corrected chi connectivity index (χ3v) is 2.58. The summed E-state index contributed by atoms with van der Waals surface area (Å²) in [5, 5.41) is 0. The summed E-state index contributed by atoms with van der Waals surface area (Å²) in [7, 11) is 0. The van der Waals surface area contributed by atoms with Gasteiger partial charge in [-0.25, -0.2) is 4.79 Å². The molecule has 2 atom stereocenters. The topological polar surface area (TPSA) is 64.8 Å². The van der Waals surface area contributed by atoms with E-state index in [2.05, 4.69) is 4.74 Å². The van der Waals surface area contributed by atoms with E-state index in [1.165, 1.54) is 4.90 Å². The van der Waals surface area contributed by atoms with Crippen LogP contribution in [-0.2, 0) is 9.47 Å². The number of hydrogen-bond acceptors (Lipinski definition) is 4. The van der Waals surface area contributed by atoms with E-state index in [4.69, 9.17) is 10.5 Å². The molecule has 0 aliphatic carbocycles. The molecule has 0 radical (unpaired) electrons. The van der Waals surface area contributed by atoms with Crippen molar-refractivity contribution in [2.45, 2.75) is 51.3 Å². The summed E-state index contributed by atoms with van der Waals surface area (Å²) in [6, 6.07) is -0.498. The minimum absolute atomic E-state index is 0.0508. The Bertz CT molecular complexity index is 328. The number of hydrogen-bond donors (Lipinski definition) is 1. The number of nitrogens with two attached hydrogens (primary N) is 1. The first-order valence-electron chi connectivity index (χ1n) is 5.96. The number of amides is 1. The van der Waals surface area contributed by atoms with Crippen LogP contribution in [0, 0.1) is 0 Å². The number of carbonyl (C=O) groups excluding carboxylic acids is 1. The molecule has 1 fully saturated rings. The van der Waals surface area contributed by atoms with Gasteiger partial charge in [0.2, 0.25) is 0 Å². The number of nitrogens with zero attached hydrogens (tertiary/aromatic N) is 1. The van der Waals surface area contributed by atoms with Crippen molar-refractivity contribution in [1.82, 2.24) is 4.90 Å². The third kappa shape index (κ3) is 5.23. The number of ether oxygens (including phenoxy) is 2. The van der Waals surface area contributed by atoms with Crippen molar-refractivity contribution in [2.75, 3.05) is 13.1 Å². The molecule has 1 rings (SSSR count). The Balaban J connectivity index is 2.65. The van der Waals surface area contributed by atoms with Crippen LogP contribution >= 0.6 is 0 Å². The molecule has 0 bridgehead atoms. The lowest BCUT2D eigenvalue weighted by molar-refractivity contribution is -0.340. The Morgan fingerprint density at radius 1 is 1.37 bits per heavy atom. The van der Waals surface area contributed by atoms with Crippen molar-refractivity contribution in [3.63, 3.8) is 0 Å². The summed E-state index contributed by atoms with van der Waals surface area (Å²) in [6.07, 6.45) is -6.43. The lowest BCUT2D eigenvalue weighted by Gasteiger charge is -2.27. The Hall–Kier alpha value is -1.02. The molecule has 1 saturated heterocycles. The van der Waals surface area contributed by atoms with Gasteiger partial charge in [0, 0.05) is 12.6 Å². The number of alkyl halides is 3. The number of halogens is 3. The van der Waals surface area contributed by atoms with E-state index in [-0.39, 0.29) is 19.5 Å². The predicted octanol–water partition coefficient (Wildman–Crippen LogP) is 1.86. The lowest BCUT2D eigenvalue weighted by atomic mass is 10.2. The summed E-state index contributed by atoms with van der Waals surface area (Å²) in [5.41, 5.74) is 4.76. The lowest BCUT2D eigenvalue weighted by Crippen LogP contribution is -2.43. The molecule has 1 heterocycles. The van der Waals surface area contributed by atoms with Crippen LogP contribution in [0.25, 0.3) is 0 Å². The molecule has 2 N–H and O–H groups in total. The summed E-state index contributed by atoms with van der Waals surface area (Å²) in [6.45, 7) is 4.94. The Morgan fingerprint density at radius 2 is 1.95 bits per heavy atom. The molecule has 0 saturated carbocycles. The van der Waals surface area contributed by atoms with Gasteiger partial charge in [0.15, 0.2) is 0 Å². The van der Waals surface area contributed by atoms with Crippen LogP contribution in [0.3, 0.4) is 0 Å². The van der Waals surface area contributed by atoms with Gasteiger partial charge in [-0.1, -0.05) is 0 Å². The van der Waals surface area contributed by atoms with Gasteiger partial charge in [-0.3, -0.25) is 4.74 Å². The third-order valence-electron chi connectivity index (χ3n) is 2.58. The van der Waals surface area contributed by atoms with Gasteiger partial charge in [-0.05, 0) is 27.2 Å². The molecular weight excluding hydrogens is 265 g/mol. The van der Waals surface area contributed by atoms with Gasteiger partial charge < -0.3 is 15.4 Å². The fraction of sp³-hybridized carbons (Fsp3) is 0.909. The fourth-order valence-corrected chi connectivity index (χ4v) is 1.92. The van der Waals surface area contributed by atoms with Crippen molar-refractivity contribution in [1.29, 1.82) is 0 Å². The second-order valence-corrected chi connectivity index (χ2v) is 5.44. The smallest absolute Gasteiger partial charge is 0.444 e. The first kappa shape index (κ1) is 16.0. The van der Waals surface area contributed by atoms with E-state index in [9.17, 15) is 18.0 Å². The van der Waals surface area contributed by atoms with Crippen LogP contribution in [0.15, 0.2) is 0 Å². The largest absolute Gasteiger partial charge is 0.522 e. The van der Waals surface area contributed by atoms with Crippen LogP contribution in [0.4, 0.5) is 18.0 Å². The molecule has 0 aromatic rings. The van der Waals surface area contributed by atoms with Gasteiger partial charge in [0.25, 0.3) is 0 Å². The first-order chi connectivity index (χ1) is 8.52. The van der Waals surface area contributed by atoms with Gasteiger partial charge in [0.1, 0.15) is 5.60 Å². The average molecular weight is 284 g/mol. The molecule has 8 heteroatoms. The molecule has 0 aromatic heterocycles. The SMILES string of the molecule is CC(C)(C)OC(=O)N1C[C@H](OC(F)(F)F)C[C@H]1CN. The molecule has 1 amide bonds. The molecule has 1 aliphatic heterocycles. The molecular formula is C11H19F3N2O3. The van der Waals surface area contributed by atoms with Crippen molar-refractivity contribution >= 4 is 6.09 Å². The van der Waals surface area contributed by atoms with E-state index >= 15 is 0 Å². The monoisotopic (exact) mass is 284 g/mol. The Kier molecular flexibility index (Phi) is 4.67. The second-order valence-electron chi connectivity index (χ2n) is 5.44. The highest BCUT2D eigenvalue weighted by Crippen LogP contribution is 2.28. The standard InChI is InChI=1S/C11H19F3N2O3/c1-10(2,3)19-9(17)16-6-8(4-7(16)5-15)18-11(12,13)14/h7-8H,4-6,15H2,1-3H3/t7-,8+/m0/s1. The van der Waals surface area contributed by atoms with Crippen molar-refractivity contribution in [3.8, 4) is 0 Å². The maximum atomic E-state index is 12.1. The van der Waals surface area contributed by atoms with Gasteiger partial charge in [-0.2, -0.15) is 0 Å². The number of rotatable bonds is 2. The van der Waals surface area contributed by atoms with E-state index < -0.39 is 30.2 Å². The highest BCUT2D eigenvalue weighted by molar-refractivity contribution is 5.69. The van der Waals surface area contributed by atoms with Crippen molar-refractivity contribution in [3.05, 3.63) is 0 Å². The van der Waals surface area contributed by atoms with Crippen LogP contribution in [0.5, 0.6) is 0 Å².